The first-order chi connectivity index (χ1) is 8.81. The summed E-state index contributed by atoms with van der Waals surface area (Å²) in [6.07, 6.45) is 1.45. The van der Waals surface area contributed by atoms with Gasteiger partial charge in [0.2, 0.25) is 0 Å². The van der Waals surface area contributed by atoms with Crippen LogP contribution in [0.5, 0.6) is 0 Å². The van der Waals surface area contributed by atoms with Gasteiger partial charge in [-0.1, -0.05) is 34.8 Å². The molecule has 1 aromatic heterocycles. The van der Waals surface area contributed by atoms with Gasteiger partial charge in [0, 0.05) is 13.1 Å². The van der Waals surface area contributed by atoms with Crippen LogP contribution in [0.4, 0.5) is 0 Å². The Morgan fingerprint density at radius 2 is 2.11 bits per heavy atom. The third-order valence-electron chi connectivity index (χ3n) is 2.45. The largest absolute Gasteiger partial charge is 0.395 e. The van der Waals surface area contributed by atoms with Gasteiger partial charge in [0.05, 0.1) is 12.8 Å². The van der Waals surface area contributed by atoms with Crippen LogP contribution < -0.4 is 0 Å². The SMILES string of the molecule is O=C(c1cnns1)N(CCO)Cc1ccccc1. The molecule has 0 saturated heterocycles. The Hall–Kier alpha value is -1.79. The minimum atomic E-state index is -0.150. The van der Waals surface area contributed by atoms with E-state index in [9.17, 15) is 4.79 Å². The van der Waals surface area contributed by atoms with Crippen molar-refractivity contribution < 1.29 is 9.90 Å². The first-order valence-corrected chi connectivity index (χ1v) is 6.30. The van der Waals surface area contributed by atoms with E-state index >= 15 is 0 Å². The van der Waals surface area contributed by atoms with Crippen LogP contribution in [-0.2, 0) is 6.54 Å². The predicted molar refractivity (Wildman–Crippen MR) is 68.2 cm³/mol. The maximum atomic E-state index is 12.1. The lowest BCUT2D eigenvalue weighted by Gasteiger charge is -2.20. The van der Waals surface area contributed by atoms with Gasteiger partial charge < -0.3 is 10.0 Å². The second kappa shape index (κ2) is 6.23. The van der Waals surface area contributed by atoms with Gasteiger partial charge >= 0.3 is 0 Å². The van der Waals surface area contributed by atoms with E-state index in [1.54, 1.807) is 4.90 Å². The van der Waals surface area contributed by atoms with Gasteiger partial charge in [-0.05, 0) is 17.1 Å². The summed E-state index contributed by atoms with van der Waals surface area (Å²) in [5.74, 6) is -0.150. The monoisotopic (exact) mass is 263 g/mol. The van der Waals surface area contributed by atoms with Gasteiger partial charge in [-0.15, -0.1) is 5.10 Å². The maximum absolute atomic E-state index is 12.1. The Bertz CT molecular complexity index is 487. The van der Waals surface area contributed by atoms with Crippen LogP contribution in [0, 0.1) is 0 Å². The molecule has 0 spiro atoms. The summed E-state index contributed by atoms with van der Waals surface area (Å²) in [6, 6.07) is 9.66. The summed E-state index contributed by atoms with van der Waals surface area (Å²) in [6.45, 7) is 0.703. The van der Waals surface area contributed by atoms with Crippen molar-refractivity contribution >= 4 is 17.4 Å². The van der Waals surface area contributed by atoms with Crippen LogP contribution in [0.2, 0.25) is 0 Å². The number of aromatic nitrogens is 2. The molecule has 0 fully saturated rings. The smallest absolute Gasteiger partial charge is 0.267 e. The minimum Gasteiger partial charge on any atom is -0.395 e. The van der Waals surface area contributed by atoms with E-state index in [1.807, 2.05) is 30.3 Å². The lowest BCUT2D eigenvalue weighted by atomic mass is 10.2. The molecule has 0 aliphatic heterocycles. The number of aliphatic hydroxyl groups is 1. The van der Waals surface area contributed by atoms with Crippen molar-refractivity contribution in [3.63, 3.8) is 0 Å². The van der Waals surface area contributed by atoms with Crippen molar-refractivity contribution in [2.45, 2.75) is 6.54 Å². The summed E-state index contributed by atoms with van der Waals surface area (Å²) < 4.78 is 3.67. The fourth-order valence-corrected chi connectivity index (χ4v) is 2.08. The third-order valence-corrected chi connectivity index (χ3v) is 3.10. The Morgan fingerprint density at radius 1 is 1.33 bits per heavy atom. The molecule has 2 rings (SSSR count). The molecule has 2 aromatic rings. The zero-order chi connectivity index (χ0) is 12.8. The standard InChI is InChI=1S/C12H13N3O2S/c16-7-6-15(9-10-4-2-1-3-5-10)12(17)11-8-13-14-18-11/h1-5,8,16H,6-7,9H2. The molecule has 0 atom stereocenters. The van der Waals surface area contributed by atoms with Crippen LogP contribution in [0.1, 0.15) is 15.2 Å². The Kier molecular flexibility index (Phi) is 4.38. The second-order valence-electron chi connectivity index (χ2n) is 3.72. The minimum absolute atomic E-state index is 0.0647. The molecule has 1 amide bonds. The normalized spacial score (nSPS) is 10.3. The number of benzene rings is 1. The number of nitrogens with zero attached hydrogens (tertiary/aromatic N) is 3. The fraction of sp³-hybridized carbons (Fsp3) is 0.250. The highest BCUT2D eigenvalue weighted by molar-refractivity contribution is 7.07. The van der Waals surface area contributed by atoms with Crippen LogP contribution >= 0.6 is 11.5 Å². The fourth-order valence-electron chi connectivity index (χ4n) is 1.59. The average Bonchev–Trinajstić information content (AvgIpc) is 2.92. The van der Waals surface area contributed by atoms with Gasteiger partial charge in [-0.2, -0.15) is 0 Å². The molecule has 0 aliphatic rings. The first kappa shape index (κ1) is 12.7. The van der Waals surface area contributed by atoms with Crippen molar-refractivity contribution in [3.05, 3.63) is 47.0 Å². The Balaban J connectivity index is 2.11. The summed E-state index contributed by atoms with van der Waals surface area (Å²) in [4.78, 5) is 14.2. The summed E-state index contributed by atoms with van der Waals surface area (Å²) in [5, 5.41) is 12.7. The van der Waals surface area contributed by atoms with Crippen molar-refractivity contribution in [3.8, 4) is 0 Å². The molecule has 0 radical (unpaired) electrons. The molecule has 0 unspecified atom stereocenters. The highest BCUT2D eigenvalue weighted by Crippen LogP contribution is 2.11. The molecule has 0 saturated carbocycles. The van der Waals surface area contributed by atoms with Crippen molar-refractivity contribution in [1.82, 2.24) is 14.5 Å². The molecule has 0 bridgehead atoms. The van der Waals surface area contributed by atoms with E-state index in [2.05, 4.69) is 9.59 Å². The molecule has 1 heterocycles. The van der Waals surface area contributed by atoms with Crippen molar-refractivity contribution in [2.75, 3.05) is 13.2 Å². The van der Waals surface area contributed by atoms with E-state index in [-0.39, 0.29) is 12.5 Å². The molecule has 1 aromatic carbocycles. The van der Waals surface area contributed by atoms with E-state index in [1.165, 1.54) is 6.20 Å². The number of hydrogen-bond acceptors (Lipinski definition) is 5. The second-order valence-corrected chi connectivity index (χ2v) is 4.50. The molecule has 18 heavy (non-hydrogen) atoms. The van der Waals surface area contributed by atoms with Gasteiger partial charge in [-0.3, -0.25) is 4.79 Å². The molecule has 5 nitrogen and oxygen atoms in total. The molecule has 1 N–H and O–H groups in total. The molecule has 6 heteroatoms. The van der Waals surface area contributed by atoms with Crippen LogP contribution in [0.15, 0.2) is 36.5 Å². The highest BCUT2D eigenvalue weighted by Gasteiger charge is 2.17. The number of carbonyl (C=O) groups excluding carboxylic acids is 1. The predicted octanol–water partition coefficient (Wildman–Crippen LogP) is 1.17. The number of aliphatic hydroxyl groups excluding tert-OH is 1. The lowest BCUT2D eigenvalue weighted by molar-refractivity contribution is 0.0712. The Labute approximate surface area is 109 Å². The zero-order valence-corrected chi connectivity index (χ0v) is 10.5. The third kappa shape index (κ3) is 3.12. The van der Waals surface area contributed by atoms with E-state index in [0.29, 0.717) is 18.0 Å². The topological polar surface area (TPSA) is 66.3 Å². The first-order valence-electron chi connectivity index (χ1n) is 5.52. The average molecular weight is 263 g/mol. The summed E-state index contributed by atoms with van der Waals surface area (Å²) >= 11 is 1.06. The highest BCUT2D eigenvalue weighted by atomic mass is 32.1. The number of hydrogen-bond donors (Lipinski definition) is 1. The quantitative estimate of drug-likeness (QED) is 0.879. The zero-order valence-electron chi connectivity index (χ0n) is 9.69. The van der Waals surface area contributed by atoms with Gasteiger partial charge in [-0.25, -0.2) is 0 Å². The van der Waals surface area contributed by atoms with Crippen molar-refractivity contribution in [1.29, 1.82) is 0 Å². The number of amides is 1. The van der Waals surface area contributed by atoms with E-state index in [0.717, 1.165) is 17.1 Å². The number of carbonyl (C=O) groups is 1. The van der Waals surface area contributed by atoms with Gasteiger partial charge in [0.1, 0.15) is 4.88 Å². The lowest BCUT2D eigenvalue weighted by Crippen LogP contribution is -2.32. The van der Waals surface area contributed by atoms with Crippen LogP contribution in [0.3, 0.4) is 0 Å². The molecule has 0 aliphatic carbocycles. The molecular weight excluding hydrogens is 250 g/mol. The summed E-state index contributed by atoms with van der Waals surface area (Å²) in [7, 11) is 0. The van der Waals surface area contributed by atoms with Crippen molar-refractivity contribution in [2.24, 2.45) is 0 Å². The maximum Gasteiger partial charge on any atom is 0.267 e. The molecule has 94 valence electrons. The number of rotatable bonds is 5. The summed E-state index contributed by atoms with van der Waals surface area (Å²) in [5.41, 5.74) is 1.02. The van der Waals surface area contributed by atoms with Crippen LogP contribution in [0.25, 0.3) is 0 Å². The van der Waals surface area contributed by atoms with Gasteiger partial charge in [0.15, 0.2) is 0 Å². The molecular formula is C12H13N3O2S. The Morgan fingerprint density at radius 3 is 2.72 bits per heavy atom. The van der Waals surface area contributed by atoms with E-state index < -0.39 is 0 Å². The van der Waals surface area contributed by atoms with Gasteiger partial charge in [0.25, 0.3) is 5.91 Å². The van der Waals surface area contributed by atoms with Crippen LogP contribution in [-0.4, -0.2) is 38.7 Å². The van der Waals surface area contributed by atoms with E-state index in [4.69, 9.17) is 5.11 Å².